The van der Waals surface area contributed by atoms with Gasteiger partial charge in [0.05, 0.1) is 0 Å². The van der Waals surface area contributed by atoms with Crippen molar-refractivity contribution >= 4 is 6.85 Å². The zero-order valence-corrected chi connectivity index (χ0v) is 10.1. The second kappa shape index (κ2) is 6.49. The first-order chi connectivity index (χ1) is 7.27. The maximum Gasteiger partial charge on any atom is 0.281 e. The molecule has 0 fully saturated rings. The molecule has 0 atom stereocenters. The van der Waals surface area contributed by atoms with Crippen molar-refractivity contribution in [2.75, 3.05) is 0 Å². The molecule has 0 amide bonds. The molecule has 0 aromatic carbocycles. The summed E-state index contributed by atoms with van der Waals surface area (Å²) in [5, 5.41) is 0. The maximum atomic E-state index is 4.80. The van der Waals surface area contributed by atoms with Gasteiger partial charge < -0.3 is 9.47 Å². The average Bonchev–Trinajstić information content (AvgIpc) is 2.22. The quantitative estimate of drug-likeness (QED) is 0.656. The van der Waals surface area contributed by atoms with Crippen LogP contribution in [0.2, 0.25) is 12.6 Å². The highest BCUT2D eigenvalue weighted by molar-refractivity contribution is 6.56. The van der Waals surface area contributed by atoms with Crippen LogP contribution in [0.5, 0.6) is 0 Å². The van der Waals surface area contributed by atoms with E-state index < -0.39 is 0 Å². The summed E-state index contributed by atoms with van der Waals surface area (Å²) in [6.07, 6.45) is 6.87. The van der Waals surface area contributed by atoms with Crippen LogP contribution >= 0.6 is 0 Å². The van der Waals surface area contributed by atoms with Crippen LogP contribution in [0.4, 0.5) is 0 Å². The Morgan fingerprint density at radius 1 is 1.20 bits per heavy atom. The largest absolute Gasteiger partial charge is 0.337 e. The Labute approximate surface area is 93.2 Å². The molecule has 0 aliphatic rings. The van der Waals surface area contributed by atoms with Crippen LogP contribution in [0.1, 0.15) is 26.7 Å². The number of aryl methyl sites for hydroxylation is 1. The molecular weight excluding hydrogens is 183 g/mol. The van der Waals surface area contributed by atoms with Gasteiger partial charge in [0.15, 0.2) is 0 Å². The van der Waals surface area contributed by atoms with Crippen molar-refractivity contribution in [3.05, 3.63) is 29.9 Å². The van der Waals surface area contributed by atoms with Gasteiger partial charge in [-0.15, -0.1) is 0 Å². The van der Waals surface area contributed by atoms with Crippen LogP contribution in [0.25, 0.3) is 0 Å². The first kappa shape index (κ1) is 12.1. The standard InChI is InChI=1S/C12H21BN2/c1-4-9-13(10-5-2)14-12-8-6-7-11-15(12)3/h6-8,11H,4-5,9-10H2,1-3H3/b14-12+. The molecule has 0 saturated heterocycles. The summed E-state index contributed by atoms with van der Waals surface area (Å²) >= 11 is 0. The van der Waals surface area contributed by atoms with E-state index in [2.05, 4.69) is 24.5 Å². The van der Waals surface area contributed by atoms with Crippen molar-refractivity contribution in [1.82, 2.24) is 4.57 Å². The molecular formula is C12H21BN2. The number of hydrogen-bond donors (Lipinski definition) is 0. The van der Waals surface area contributed by atoms with Gasteiger partial charge >= 0.3 is 0 Å². The lowest BCUT2D eigenvalue weighted by atomic mass is 9.56. The summed E-state index contributed by atoms with van der Waals surface area (Å²) < 4.78 is 2.08. The molecule has 82 valence electrons. The van der Waals surface area contributed by atoms with Gasteiger partial charge in [-0.2, -0.15) is 0 Å². The molecule has 2 nitrogen and oxygen atoms in total. The third kappa shape index (κ3) is 3.94. The van der Waals surface area contributed by atoms with Gasteiger partial charge in [0.2, 0.25) is 0 Å². The predicted octanol–water partition coefficient (Wildman–Crippen LogP) is 2.74. The Bertz CT molecular complexity index is 337. The summed E-state index contributed by atoms with van der Waals surface area (Å²) in [5.41, 5.74) is 1.09. The van der Waals surface area contributed by atoms with Gasteiger partial charge in [-0.05, 0) is 12.1 Å². The van der Waals surface area contributed by atoms with Crippen molar-refractivity contribution in [2.45, 2.75) is 39.3 Å². The zero-order chi connectivity index (χ0) is 11.1. The Kier molecular flexibility index (Phi) is 5.23. The Hall–Kier alpha value is -0.985. The van der Waals surface area contributed by atoms with E-state index in [1.165, 1.54) is 25.5 Å². The Morgan fingerprint density at radius 3 is 2.40 bits per heavy atom. The topological polar surface area (TPSA) is 17.3 Å². The maximum absolute atomic E-state index is 4.80. The summed E-state index contributed by atoms with van der Waals surface area (Å²) in [6, 6.07) is 6.17. The van der Waals surface area contributed by atoms with Crippen molar-refractivity contribution < 1.29 is 0 Å². The minimum atomic E-state index is 0.494. The van der Waals surface area contributed by atoms with Crippen LogP contribution in [-0.2, 0) is 7.05 Å². The summed E-state index contributed by atoms with van der Waals surface area (Å²) in [7, 11) is 2.05. The molecule has 0 radical (unpaired) electrons. The van der Waals surface area contributed by atoms with Gasteiger partial charge in [0.25, 0.3) is 6.85 Å². The summed E-state index contributed by atoms with van der Waals surface area (Å²) in [5.74, 6) is 0. The van der Waals surface area contributed by atoms with Crippen LogP contribution in [0.15, 0.2) is 29.3 Å². The molecule has 0 unspecified atom stereocenters. The van der Waals surface area contributed by atoms with E-state index in [0.29, 0.717) is 6.85 Å². The van der Waals surface area contributed by atoms with E-state index in [0.717, 1.165) is 5.49 Å². The van der Waals surface area contributed by atoms with Crippen LogP contribution < -0.4 is 5.49 Å². The van der Waals surface area contributed by atoms with Gasteiger partial charge in [-0.3, -0.25) is 0 Å². The van der Waals surface area contributed by atoms with Crippen molar-refractivity contribution in [3.8, 4) is 0 Å². The summed E-state index contributed by atoms with van der Waals surface area (Å²) in [6.45, 7) is 4.94. The molecule has 0 saturated carbocycles. The van der Waals surface area contributed by atoms with Crippen LogP contribution in [0, 0.1) is 0 Å². The minimum Gasteiger partial charge on any atom is -0.337 e. The first-order valence-corrected chi connectivity index (χ1v) is 5.93. The molecule has 0 aliphatic heterocycles. The second-order valence-corrected chi connectivity index (χ2v) is 4.03. The molecule has 3 heteroatoms. The molecule has 1 rings (SSSR count). The van der Waals surface area contributed by atoms with Crippen molar-refractivity contribution in [2.24, 2.45) is 12.0 Å². The zero-order valence-electron chi connectivity index (χ0n) is 10.1. The van der Waals surface area contributed by atoms with E-state index in [1.807, 2.05) is 25.4 Å². The average molecular weight is 204 g/mol. The predicted molar refractivity (Wildman–Crippen MR) is 66.9 cm³/mol. The molecule has 15 heavy (non-hydrogen) atoms. The smallest absolute Gasteiger partial charge is 0.281 e. The van der Waals surface area contributed by atoms with E-state index in [9.17, 15) is 0 Å². The SMILES string of the molecule is CCCB(CCC)/N=c1\ccccn1C. The number of hydrogen-bond acceptors (Lipinski definition) is 1. The highest BCUT2D eigenvalue weighted by atomic mass is 15.0. The van der Waals surface area contributed by atoms with E-state index >= 15 is 0 Å². The number of rotatable bonds is 5. The normalized spacial score (nSPS) is 11.8. The van der Waals surface area contributed by atoms with Gasteiger partial charge in [0, 0.05) is 13.2 Å². The lowest BCUT2D eigenvalue weighted by Gasteiger charge is -2.06. The molecule has 0 bridgehead atoms. The molecule has 1 aromatic heterocycles. The van der Waals surface area contributed by atoms with Crippen molar-refractivity contribution in [1.29, 1.82) is 0 Å². The highest BCUT2D eigenvalue weighted by Crippen LogP contribution is 2.06. The number of aromatic nitrogens is 1. The van der Waals surface area contributed by atoms with E-state index in [-0.39, 0.29) is 0 Å². The third-order valence-electron chi connectivity index (χ3n) is 2.59. The van der Waals surface area contributed by atoms with E-state index in [4.69, 9.17) is 4.90 Å². The highest BCUT2D eigenvalue weighted by Gasteiger charge is 2.09. The van der Waals surface area contributed by atoms with E-state index in [1.54, 1.807) is 0 Å². The molecule has 0 N–H and O–H groups in total. The minimum absolute atomic E-state index is 0.494. The lowest BCUT2D eigenvalue weighted by Crippen LogP contribution is -2.22. The molecule has 1 heterocycles. The summed E-state index contributed by atoms with van der Waals surface area (Å²) in [4.78, 5) is 4.80. The fourth-order valence-corrected chi connectivity index (χ4v) is 1.78. The van der Waals surface area contributed by atoms with Crippen molar-refractivity contribution in [3.63, 3.8) is 0 Å². The van der Waals surface area contributed by atoms with Gasteiger partial charge in [-0.1, -0.05) is 45.4 Å². The number of pyridine rings is 1. The molecule has 0 spiro atoms. The van der Waals surface area contributed by atoms with Gasteiger partial charge in [-0.25, -0.2) is 0 Å². The molecule has 1 aromatic rings. The fraction of sp³-hybridized carbons (Fsp3) is 0.583. The number of nitrogens with zero attached hydrogens (tertiary/aromatic N) is 2. The van der Waals surface area contributed by atoms with Gasteiger partial charge in [0.1, 0.15) is 5.49 Å². The fourth-order valence-electron chi connectivity index (χ4n) is 1.78. The Morgan fingerprint density at radius 2 is 1.87 bits per heavy atom. The van der Waals surface area contributed by atoms with Crippen LogP contribution in [0.3, 0.4) is 0 Å². The molecule has 0 aliphatic carbocycles. The Balaban J connectivity index is 2.86. The second-order valence-electron chi connectivity index (χ2n) is 4.03. The monoisotopic (exact) mass is 204 g/mol. The lowest BCUT2D eigenvalue weighted by molar-refractivity contribution is 0.836. The third-order valence-corrected chi connectivity index (χ3v) is 2.59. The van der Waals surface area contributed by atoms with Crippen LogP contribution in [-0.4, -0.2) is 11.4 Å². The first-order valence-electron chi connectivity index (χ1n) is 5.93.